The molecule has 2 unspecified atom stereocenters. The minimum atomic E-state index is -0.252. The SMILES string of the molecule is Cc1ccccc1C1CC(C)N(c2ccc(C(=O)Nc3ccccc3)nn2)C1. The molecule has 1 amide bonds. The van der Waals surface area contributed by atoms with Crippen LogP contribution < -0.4 is 10.2 Å². The first-order valence-electron chi connectivity index (χ1n) is 9.64. The van der Waals surface area contributed by atoms with Crippen molar-refractivity contribution < 1.29 is 4.79 Å². The van der Waals surface area contributed by atoms with Crippen LogP contribution in [0.3, 0.4) is 0 Å². The Bertz CT molecular complexity index is 956. The van der Waals surface area contributed by atoms with Gasteiger partial charge in [-0.3, -0.25) is 4.79 Å². The van der Waals surface area contributed by atoms with Crippen LogP contribution in [0, 0.1) is 6.92 Å². The van der Waals surface area contributed by atoms with Crippen LogP contribution in [0.5, 0.6) is 0 Å². The Kier molecular flexibility index (Phi) is 5.06. The summed E-state index contributed by atoms with van der Waals surface area (Å²) in [7, 11) is 0. The van der Waals surface area contributed by atoms with Crippen LogP contribution >= 0.6 is 0 Å². The van der Waals surface area contributed by atoms with E-state index in [1.807, 2.05) is 36.4 Å². The summed E-state index contributed by atoms with van der Waals surface area (Å²) in [5.74, 6) is 1.05. The highest BCUT2D eigenvalue weighted by atomic mass is 16.1. The van der Waals surface area contributed by atoms with E-state index < -0.39 is 0 Å². The van der Waals surface area contributed by atoms with Gasteiger partial charge in [0.1, 0.15) is 0 Å². The van der Waals surface area contributed by atoms with Crippen molar-refractivity contribution in [3.8, 4) is 0 Å². The number of aryl methyl sites for hydroxylation is 1. The van der Waals surface area contributed by atoms with Gasteiger partial charge in [0.15, 0.2) is 11.5 Å². The van der Waals surface area contributed by atoms with E-state index in [0.29, 0.717) is 17.7 Å². The Labute approximate surface area is 165 Å². The van der Waals surface area contributed by atoms with Gasteiger partial charge in [-0.1, -0.05) is 42.5 Å². The number of para-hydroxylation sites is 1. The standard InChI is InChI=1S/C23H24N4O/c1-16-8-6-7-11-20(16)18-14-17(2)27(15-18)22-13-12-21(25-26-22)23(28)24-19-9-4-3-5-10-19/h3-13,17-18H,14-15H2,1-2H3,(H,24,28). The maximum Gasteiger partial charge on any atom is 0.276 e. The number of nitrogens with one attached hydrogen (secondary N) is 1. The van der Waals surface area contributed by atoms with Gasteiger partial charge in [0.25, 0.3) is 5.91 Å². The van der Waals surface area contributed by atoms with Gasteiger partial charge in [-0.15, -0.1) is 10.2 Å². The molecule has 0 saturated carbocycles. The Morgan fingerprint density at radius 2 is 1.75 bits per heavy atom. The van der Waals surface area contributed by atoms with Crippen LogP contribution in [0.4, 0.5) is 11.5 Å². The molecule has 1 saturated heterocycles. The normalized spacial score (nSPS) is 18.9. The molecule has 1 aliphatic heterocycles. The van der Waals surface area contributed by atoms with Crippen LogP contribution in [-0.2, 0) is 0 Å². The van der Waals surface area contributed by atoms with Gasteiger partial charge in [-0.2, -0.15) is 0 Å². The Morgan fingerprint density at radius 1 is 1.00 bits per heavy atom. The summed E-state index contributed by atoms with van der Waals surface area (Å²) in [6, 6.07) is 22.0. The second-order valence-electron chi connectivity index (χ2n) is 7.39. The summed E-state index contributed by atoms with van der Waals surface area (Å²) < 4.78 is 0. The quantitative estimate of drug-likeness (QED) is 0.736. The molecule has 2 atom stereocenters. The van der Waals surface area contributed by atoms with Crippen LogP contribution in [0.15, 0.2) is 66.7 Å². The summed E-state index contributed by atoms with van der Waals surface area (Å²) in [6.45, 7) is 5.30. The van der Waals surface area contributed by atoms with Gasteiger partial charge in [0.05, 0.1) is 0 Å². The Hall–Kier alpha value is -3.21. The summed E-state index contributed by atoms with van der Waals surface area (Å²) in [5.41, 5.74) is 3.80. The van der Waals surface area contributed by atoms with Crippen molar-refractivity contribution in [2.24, 2.45) is 0 Å². The topological polar surface area (TPSA) is 58.1 Å². The average Bonchev–Trinajstić information content (AvgIpc) is 3.10. The molecule has 3 aromatic rings. The van der Waals surface area contributed by atoms with Gasteiger partial charge < -0.3 is 10.2 Å². The monoisotopic (exact) mass is 372 g/mol. The molecule has 142 valence electrons. The number of anilines is 2. The molecule has 28 heavy (non-hydrogen) atoms. The smallest absolute Gasteiger partial charge is 0.276 e. The number of hydrogen-bond donors (Lipinski definition) is 1. The molecule has 1 N–H and O–H groups in total. The molecule has 1 aromatic heterocycles. The summed E-state index contributed by atoms with van der Waals surface area (Å²) in [5, 5.41) is 11.3. The highest BCUT2D eigenvalue weighted by Crippen LogP contribution is 2.35. The van der Waals surface area contributed by atoms with Gasteiger partial charge >= 0.3 is 0 Å². The minimum absolute atomic E-state index is 0.252. The average molecular weight is 372 g/mol. The van der Waals surface area contributed by atoms with Crippen LogP contribution in [-0.4, -0.2) is 28.7 Å². The van der Waals surface area contributed by atoms with Gasteiger partial charge in [0.2, 0.25) is 0 Å². The molecule has 0 radical (unpaired) electrons. The zero-order valence-corrected chi connectivity index (χ0v) is 16.2. The zero-order valence-electron chi connectivity index (χ0n) is 16.2. The molecule has 0 spiro atoms. The highest BCUT2D eigenvalue weighted by Gasteiger charge is 2.31. The second-order valence-corrected chi connectivity index (χ2v) is 7.39. The molecule has 5 nitrogen and oxygen atoms in total. The van der Waals surface area contributed by atoms with E-state index in [9.17, 15) is 4.79 Å². The van der Waals surface area contributed by atoms with Crippen molar-refractivity contribution in [1.82, 2.24) is 10.2 Å². The lowest BCUT2D eigenvalue weighted by Gasteiger charge is -2.22. The number of carbonyl (C=O) groups is 1. The number of amides is 1. The third kappa shape index (κ3) is 3.74. The third-order valence-corrected chi connectivity index (χ3v) is 5.41. The summed E-state index contributed by atoms with van der Waals surface area (Å²) >= 11 is 0. The molecule has 2 heterocycles. The van der Waals surface area contributed by atoms with Crippen molar-refractivity contribution in [3.05, 3.63) is 83.6 Å². The fourth-order valence-electron chi connectivity index (χ4n) is 3.94. The summed E-state index contributed by atoms with van der Waals surface area (Å²) in [4.78, 5) is 14.6. The van der Waals surface area contributed by atoms with E-state index >= 15 is 0 Å². The molecule has 4 rings (SSSR count). The first kappa shape index (κ1) is 18.2. The van der Waals surface area contributed by atoms with E-state index in [1.54, 1.807) is 6.07 Å². The van der Waals surface area contributed by atoms with E-state index in [-0.39, 0.29) is 5.91 Å². The fourth-order valence-corrected chi connectivity index (χ4v) is 3.94. The molecule has 1 fully saturated rings. The lowest BCUT2D eigenvalue weighted by Crippen LogP contribution is -2.28. The summed E-state index contributed by atoms with van der Waals surface area (Å²) in [6.07, 6.45) is 1.09. The molecule has 1 aliphatic rings. The largest absolute Gasteiger partial charge is 0.352 e. The third-order valence-electron chi connectivity index (χ3n) is 5.41. The van der Waals surface area contributed by atoms with Crippen molar-refractivity contribution in [3.63, 3.8) is 0 Å². The van der Waals surface area contributed by atoms with E-state index in [1.165, 1.54) is 11.1 Å². The predicted octanol–water partition coefficient (Wildman–Crippen LogP) is 4.42. The van der Waals surface area contributed by atoms with Crippen LogP contribution in [0.25, 0.3) is 0 Å². The van der Waals surface area contributed by atoms with Crippen molar-refractivity contribution >= 4 is 17.4 Å². The highest BCUT2D eigenvalue weighted by molar-refractivity contribution is 6.02. The maximum atomic E-state index is 12.4. The molecule has 2 aromatic carbocycles. The van der Waals surface area contributed by atoms with Crippen molar-refractivity contribution in [1.29, 1.82) is 0 Å². The minimum Gasteiger partial charge on any atom is -0.352 e. The number of hydrogen-bond acceptors (Lipinski definition) is 4. The maximum absolute atomic E-state index is 12.4. The predicted molar refractivity (Wildman–Crippen MR) is 112 cm³/mol. The number of aromatic nitrogens is 2. The second kappa shape index (κ2) is 7.80. The molecular weight excluding hydrogens is 348 g/mol. The van der Waals surface area contributed by atoms with E-state index in [0.717, 1.165) is 24.5 Å². The van der Waals surface area contributed by atoms with Crippen LogP contribution in [0.1, 0.15) is 40.9 Å². The van der Waals surface area contributed by atoms with Gasteiger partial charge in [0, 0.05) is 24.2 Å². The molecule has 0 aliphatic carbocycles. The fraction of sp³-hybridized carbons (Fsp3) is 0.261. The first-order valence-corrected chi connectivity index (χ1v) is 9.64. The van der Waals surface area contributed by atoms with Gasteiger partial charge in [-0.25, -0.2) is 0 Å². The number of benzene rings is 2. The van der Waals surface area contributed by atoms with Gasteiger partial charge in [-0.05, 0) is 55.7 Å². The van der Waals surface area contributed by atoms with E-state index in [2.05, 4.69) is 58.5 Å². The Balaban J connectivity index is 1.46. The lowest BCUT2D eigenvalue weighted by molar-refractivity contribution is 0.102. The molecule has 5 heteroatoms. The number of carbonyl (C=O) groups excluding carboxylic acids is 1. The van der Waals surface area contributed by atoms with Crippen molar-refractivity contribution in [2.45, 2.75) is 32.2 Å². The van der Waals surface area contributed by atoms with Crippen molar-refractivity contribution in [2.75, 3.05) is 16.8 Å². The Morgan fingerprint density at radius 3 is 2.46 bits per heavy atom. The van der Waals surface area contributed by atoms with Crippen LogP contribution in [0.2, 0.25) is 0 Å². The number of rotatable bonds is 4. The lowest BCUT2D eigenvalue weighted by atomic mass is 9.93. The number of nitrogens with zero attached hydrogens (tertiary/aromatic N) is 3. The molecule has 0 bridgehead atoms. The molecular formula is C23H24N4O. The van der Waals surface area contributed by atoms with E-state index in [4.69, 9.17) is 0 Å². The first-order chi connectivity index (χ1) is 13.6. The zero-order chi connectivity index (χ0) is 19.5.